The minimum atomic E-state index is 0.518. The minimum Gasteiger partial charge on any atom is -0.496 e. The van der Waals surface area contributed by atoms with Gasteiger partial charge in [-0.15, -0.1) is 0 Å². The zero-order valence-corrected chi connectivity index (χ0v) is 12.1. The maximum atomic E-state index is 5.42. The Bertz CT molecular complexity index is 574. The van der Waals surface area contributed by atoms with Crippen LogP contribution in [-0.2, 0) is 0 Å². The summed E-state index contributed by atoms with van der Waals surface area (Å²) in [5.74, 6) is 2.40. The predicted octanol–water partition coefficient (Wildman–Crippen LogP) is 2.87. The second kappa shape index (κ2) is 6.23. The molecule has 2 rings (SSSR count). The third-order valence-corrected chi connectivity index (χ3v) is 2.80. The third-order valence-electron chi connectivity index (χ3n) is 2.80. The van der Waals surface area contributed by atoms with E-state index in [0.29, 0.717) is 29.8 Å². The van der Waals surface area contributed by atoms with Crippen LogP contribution in [0.5, 0.6) is 17.4 Å². The Morgan fingerprint density at radius 3 is 2.30 bits per heavy atom. The largest absolute Gasteiger partial charge is 0.496 e. The average molecular weight is 274 g/mol. The van der Waals surface area contributed by atoms with Crippen LogP contribution in [0.1, 0.15) is 12.5 Å². The van der Waals surface area contributed by atoms with Crippen molar-refractivity contribution in [2.75, 3.05) is 20.8 Å². The first-order chi connectivity index (χ1) is 9.69. The number of ether oxygens (including phenoxy) is 3. The van der Waals surface area contributed by atoms with Gasteiger partial charge in [0.2, 0.25) is 5.88 Å². The van der Waals surface area contributed by atoms with Crippen molar-refractivity contribution < 1.29 is 14.2 Å². The van der Waals surface area contributed by atoms with Crippen LogP contribution in [0.15, 0.2) is 24.4 Å². The fraction of sp³-hybridized carbons (Fsp3) is 0.333. The summed E-state index contributed by atoms with van der Waals surface area (Å²) in [6.45, 7) is 4.44. The summed E-state index contributed by atoms with van der Waals surface area (Å²) in [6, 6.07) is 5.57. The standard InChI is InChI=1S/C15H18N2O3/c1-5-20-13-6-7-16-15(17-13)14-11(18-3)8-10(2)9-12(14)19-4/h6-9H,5H2,1-4H3. The van der Waals surface area contributed by atoms with Gasteiger partial charge in [0.1, 0.15) is 17.1 Å². The van der Waals surface area contributed by atoms with E-state index < -0.39 is 0 Å². The van der Waals surface area contributed by atoms with Crippen LogP contribution >= 0.6 is 0 Å². The Balaban J connectivity index is 2.58. The van der Waals surface area contributed by atoms with Gasteiger partial charge in [-0.1, -0.05) is 0 Å². The number of methoxy groups -OCH3 is 2. The Hall–Kier alpha value is -2.30. The van der Waals surface area contributed by atoms with E-state index in [1.165, 1.54) is 0 Å². The van der Waals surface area contributed by atoms with Crippen molar-refractivity contribution in [3.05, 3.63) is 30.0 Å². The monoisotopic (exact) mass is 274 g/mol. The Morgan fingerprint density at radius 2 is 1.75 bits per heavy atom. The highest BCUT2D eigenvalue weighted by Crippen LogP contribution is 2.37. The number of rotatable bonds is 5. The summed E-state index contributed by atoms with van der Waals surface area (Å²) in [5, 5.41) is 0. The van der Waals surface area contributed by atoms with Crippen LogP contribution < -0.4 is 14.2 Å². The van der Waals surface area contributed by atoms with Crippen molar-refractivity contribution in [3.63, 3.8) is 0 Å². The molecule has 0 radical (unpaired) electrons. The molecule has 0 unspecified atom stereocenters. The van der Waals surface area contributed by atoms with E-state index in [4.69, 9.17) is 14.2 Å². The number of aromatic nitrogens is 2. The third kappa shape index (κ3) is 2.82. The van der Waals surface area contributed by atoms with Crippen molar-refractivity contribution in [1.29, 1.82) is 0 Å². The van der Waals surface area contributed by atoms with Crippen LogP contribution in [0.3, 0.4) is 0 Å². The molecule has 5 nitrogen and oxygen atoms in total. The van der Waals surface area contributed by atoms with Gasteiger partial charge in [0.05, 0.1) is 20.8 Å². The zero-order chi connectivity index (χ0) is 14.5. The zero-order valence-electron chi connectivity index (χ0n) is 12.1. The van der Waals surface area contributed by atoms with Gasteiger partial charge in [-0.25, -0.2) is 4.98 Å². The van der Waals surface area contributed by atoms with Gasteiger partial charge in [0.15, 0.2) is 5.82 Å². The highest BCUT2D eigenvalue weighted by atomic mass is 16.5. The molecule has 0 aliphatic rings. The first-order valence-electron chi connectivity index (χ1n) is 6.38. The summed E-state index contributed by atoms with van der Waals surface area (Å²) in [4.78, 5) is 8.67. The molecule has 0 N–H and O–H groups in total. The highest BCUT2D eigenvalue weighted by molar-refractivity contribution is 5.72. The molecule has 0 fully saturated rings. The second-order valence-electron chi connectivity index (χ2n) is 4.20. The number of nitrogens with zero attached hydrogens (tertiary/aromatic N) is 2. The van der Waals surface area contributed by atoms with Gasteiger partial charge in [-0.3, -0.25) is 0 Å². The predicted molar refractivity (Wildman–Crippen MR) is 76.5 cm³/mol. The average Bonchev–Trinajstić information content (AvgIpc) is 2.46. The van der Waals surface area contributed by atoms with Gasteiger partial charge in [-0.05, 0) is 31.5 Å². The van der Waals surface area contributed by atoms with Gasteiger partial charge in [-0.2, -0.15) is 4.98 Å². The fourth-order valence-corrected chi connectivity index (χ4v) is 1.95. The van der Waals surface area contributed by atoms with Crippen LogP contribution in [-0.4, -0.2) is 30.8 Å². The molecule has 2 aromatic rings. The Kier molecular flexibility index (Phi) is 4.40. The van der Waals surface area contributed by atoms with Crippen molar-refractivity contribution in [3.8, 4) is 28.8 Å². The van der Waals surface area contributed by atoms with Crippen LogP contribution in [0, 0.1) is 6.92 Å². The molecule has 1 aromatic heterocycles. The molecule has 20 heavy (non-hydrogen) atoms. The summed E-state index contributed by atoms with van der Waals surface area (Å²) in [5.41, 5.74) is 1.77. The molecule has 0 amide bonds. The van der Waals surface area contributed by atoms with Crippen molar-refractivity contribution in [2.24, 2.45) is 0 Å². The van der Waals surface area contributed by atoms with Gasteiger partial charge in [0, 0.05) is 12.3 Å². The van der Waals surface area contributed by atoms with E-state index in [-0.39, 0.29) is 0 Å². The Morgan fingerprint density at radius 1 is 1.10 bits per heavy atom. The molecular formula is C15H18N2O3. The van der Waals surface area contributed by atoms with E-state index in [1.807, 2.05) is 26.0 Å². The van der Waals surface area contributed by atoms with E-state index >= 15 is 0 Å². The molecule has 0 aliphatic heterocycles. The quantitative estimate of drug-likeness (QED) is 0.839. The SMILES string of the molecule is CCOc1ccnc(-c2c(OC)cc(C)cc2OC)n1. The molecule has 0 saturated carbocycles. The van der Waals surface area contributed by atoms with Gasteiger partial charge >= 0.3 is 0 Å². The fourth-order valence-electron chi connectivity index (χ4n) is 1.95. The number of aryl methyl sites for hydroxylation is 1. The molecule has 5 heteroatoms. The molecule has 1 aromatic carbocycles. The lowest BCUT2D eigenvalue weighted by atomic mass is 10.1. The number of benzene rings is 1. The number of hydrogen-bond donors (Lipinski definition) is 0. The van der Waals surface area contributed by atoms with Gasteiger partial charge < -0.3 is 14.2 Å². The van der Waals surface area contributed by atoms with E-state index in [1.54, 1.807) is 26.5 Å². The van der Waals surface area contributed by atoms with Crippen LogP contribution in [0.2, 0.25) is 0 Å². The normalized spacial score (nSPS) is 10.2. The molecule has 0 saturated heterocycles. The minimum absolute atomic E-state index is 0.518. The van der Waals surface area contributed by atoms with Crippen molar-refractivity contribution >= 4 is 0 Å². The van der Waals surface area contributed by atoms with Crippen molar-refractivity contribution in [2.45, 2.75) is 13.8 Å². The van der Waals surface area contributed by atoms with Crippen LogP contribution in [0.4, 0.5) is 0 Å². The molecule has 0 aliphatic carbocycles. The molecule has 1 heterocycles. The topological polar surface area (TPSA) is 53.5 Å². The van der Waals surface area contributed by atoms with Crippen LogP contribution in [0.25, 0.3) is 11.4 Å². The smallest absolute Gasteiger partial charge is 0.216 e. The summed E-state index contributed by atoms with van der Waals surface area (Å²) in [6.07, 6.45) is 1.66. The molecule has 0 spiro atoms. The highest BCUT2D eigenvalue weighted by Gasteiger charge is 2.16. The molecule has 106 valence electrons. The van der Waals surface area contributed by atoms with E-state index in [0.717, 1.165) is 11.1 Å². The van der Waals surface area contributed by atoms with E-state index in [9.17, 15) is 0 Å². The summed E-state index contributed by atoms with van der Waals surface area (Å²) < 4.78 is 16.3. The lowest BCUT2D eigenvalue weighted by molar-refractivity contribution is 0.326. The number of hydrogen-bond acceptors (Lipinski definition) is 5. The molecule has 0 bridgehead atoms. The first-order valence-corrected chi connectivity index (χ1v) is 6.38. The molecule has 0 atom stereocenters. The van der Waals surface area contributed by atoms with E-state index in [2.05, 4.69) is 9.97 Å². The molecular weight excluding hydrogens is 256 g/mol. The van der Waals surface area contributed by atoms with Crippen molar-refractivity contribution in [1.82, 2.24) is 9.97 Å². The lowest BCUT2D eigenvalue weighted by Crippen LogP contribution is -2.00. The maximum Gasteiger partial charge on any atom is 0.216 e. The Labute approximate surface area is 118 Å². The lowest BCUT2D eigenvalue weighted by Gasteiger charge is -2.13. The second-order valence-corrected chi connectivity index (χ2v) is 4.20. The maximum absolute atomic E-state index is 5.42. The summed E-state index contributed by atoms with van der Waals surface area (Å²) >= 11 is 0. The first kappa shape index (κ1) is 14.1. The summed E-state index contributed by atoms with van der Waals surface area (Å²) in [7, 11) is 3.23. The van der Waals surface area contributed by atoms with Gasteiger partial charge in [0.25, 0.3) is 0 Å².